The molecule has 0 N–H and O–H groups in total. The van der Waals surface area contributed by atoms with Gasteiger partial charge in [0, 0.05) is 53.3 Å². The van der Waals surface area contributed by atoms with Gasteiger partial charge in [0.15, 0.2) is 10.6 Å². The van der Waals surface area contributed by atoms with Crippen LogP contribution >= 0.6 is 11.3 Å². The summed E-state index contributed by atoms with van der Waals surface area (Å²) in [4.78, 5) is 34.1. The second kappa shape index (κ2) is 11.3. The Labute approximate surface area is 226 Å². The van der Waals surface area contributed by atoms with Gasteiger partial charge in [-0.15, -0.1) is 0 Å². The molecule has 1 aliphatic heterocycles. The summed E-state index contributed by atoms with van der Waals surface area (Å²) >= 11 is 1.28. The molecule has 0 saturated carbocycles. The van der Waals surface area contributed by atoms with Crippen LogP contribution in [0, 0.1) is 0 Å². The Morgan fingerprint density at radius 2 is 1.76 bits per heavy atom. The van der Waals surface area contributed by atoms with E-state index in [-0.39, 0.29) is 11.3 Å². The van der Waals surface area contributed by atoms with E-state index in [1.807, 2.05) is 30.3 Å². The average molecular weight is 536 g/mol. The number of benzene rings is 2. The van der Waals surface area contributed by atoms with Crippen molar-refractivity contribution in [2.24, 2.45) is 4.99 Å². The van der Waals surface area contributed by atoms with Crippen LogP contribution in [0.15, 0.2) is 57.5 Å². The lowest BCUT2D eigenvalue weighted by Crippen LogP contribution is -2.39. The molecule has 1 aliphatic rings. The zero-order valence-corrected chi connectivity index (χ0v) is 23.6. The molecule has 0 radical (unpaired) electrons. The molecule has 0 aliphatic carbocycles. The maximum absolute atomic E-state index is 13.9. The van der Waals surface area contributed by atoms with Gasteiger partial charge in [-0.3, -0.25) is 14.2 Å². The Morgan fingerprint density at radius 3 is 2.37 bits per heavy atom. The molecule has 1 atom stereocenters. The normalized spacial score (nSPS) is 15.1. The highest BCUT2D eigenvalue weighted by atomic mass is 32.1. The average Bonchev–Trinajstić information content (AvgIpc) is 3.22. The van der Waals surface area contributed by atoms with Gasteiger partial charge in [-0.1, -0.05) is 11.3 Å². The van der Waals surface area contributed by atoms with Gasteiger partial charge in [-0.25, -0.2) is 4.99 Å². The van der Waals surface area contributed by atoms with Crippen LogP contribution in [0.1, 0.15) is 44.9 Å². The highest BCUT2D eigenvalue weighted by Gasteiger charge is 2.32. The summed E-state index contributed by atoms with van der Waals surface area (Å²) in [6, 6.07) is 10.7. The Kier molecular flexibility index (Phi) is 8.06. The molecule has 200 valence electrons. The van der Waals surface area contributed by atoms with Crippen LogP contribution in [0.25, 0.3) is 6.08 Å². The van der Waals surface area contributed by atoms with Gasteiger partial charge in [-0.05, 0) is 58.0 Å². The van der Waals surface area contributed by atoms with E-state index in [0.29, 0.717) is 43.4 Å². The summed E-state index contributed by atoms with van der Waals surface area (Å²) in [5.74, 6) is 1.65. The predicted molar refractivity (Wildman–Crippen MR) is 151 cm³/mol. The molecule has 2 heterocycles. The first-order valence-corrected chi connectivity index (χ1v) is 13.3. The molecule has 3 aromatic rings. The number of ketones is 1. The second-order valence-electron chi connectivity index (χ2n) is 8.84. The van der Waals surface area contributed by atoms with Crippen LogP contribution in [0.4, 0.5) is 5.69 Å². The minimum Gasteiger partial charge on any atom is -0.497 e. The first kappa shape index (κ1) is 27.2. The molecular weight excluding hydrogens is 502 g/mol. The van der Waals surface area contributed by atoms with Crippen LogP contribution in [0.2, 0.25) is 0 Å². The van der Waals surface area contributed by atoms with Gasteiger partial charge in [0.05, 0.1) is 31.9 Å². The number of hydrogen-bond donors (Lipinski definition) is 0. The largest absolute Gasteiger partial charge is 0.497 e. The molecule has 4 rings (SSSR count). The van der Waals surface area contributed by atoms with Crippen LogP contribution in [0.3, 0.4) is 0 Å². The zero-order valence-electron chi connectivity index (χ0n) is 22.8. The highest BCUT2D eigenvalue weighted by molar-refractivity contribution is 7.07. The topological polar surface area (TPSA) is 82.4 Å². The van der Waals surface area contributed by atoms with Gasteiger partial charge >= 0.3 is 0 Å². The van der Waals surface area contributed by atoms with Crippen molar-refractivity contribution in [2.45, 2.75) is 33.7 Å². The zero-order chi connectivity index (χ0) is 27.6. The molecule has 0 fully saturated rings. The first-order valence-electron chi connectivity index (χ1n) is 12.5. The summed E-state index contributed by atoms with van der Waals surface area (Å²) in [6.45, 7) is 9.27. The molecule has 0 spiro atoms. The van der Waals surface area contributed by atoms with Crippen molar-refractivity contribution in [3.05, 3.63) is 78.5 Å². The number of fused-ring (bicyclic) bond motifs is 1. The lowest BCUT2D eigenvalue weighted by Gasteiger charge is -2.26. The molecule has 0 bridgehead atoms. The number of allylic oxidation sites excluding steroid dienone is 2. The van der Waals surface area contributed by atoms with Crippen LogP contribution in [0.5, 0.6) is 17.2 Å². The highest BCUT2D eigenvalue weighted by Crippen LogP contribution is 2.37. The number of carbonyl (C=O) groups excluding carboxylic acids is 1. The summed E-state index contributed by atoms with van der Waals surface area (Å²) in [6.07, 6.45) is 1.82. The molecule has 9 heteroatoms. The van der Waals surface area contributed by atoms with Crippen molar-refractivity contribution >= 4 is 28.9 Å². The fraction of sp³-hybridized carbons (Fsp3) is 0.345. The number of Topliss-reactive ketones (excluding diaryl/α,β-unsaturated/α-hetero) is 1. The lowest BCUT2D eigenvalue weighted by molar-refractivity contribution is -0.114. The maximum atomic E-state index is 13.9. The summed E-state index contributed by atoms with van der Waals surface area (Å²) in [7, 11) is 4.75. The van der Waals surface area contributed by atoms with E-state index < -0.39 is 6.04 Å². The second-order valence-corrected chi connectivity index (χ2v) is 9.85. The third-order valence-electron chi connectivity index (χ3n) is 6.77. The Morgan fingerprint density at radius 1 is 1.05 bits per heavy atom. The third kappa shape index (κ3) is 4.86. The molecule has 2 aromatic carbocycles. The van der Waals surface area contributed by atoms with E-state index in [9.17, 15) is 9.59 Å². The molecule has 38 heavy (non-hydrogen) atoms. The first-order chi connectivity index (χ1) is 18.3. The molecule has 0 amide bonds. The lowest BCUT2D eigenvalue weighted by atomic mass is 9.92. The summed E-state index contributed by atoms with van der Waals surface area (Å²) in [5, 5.41) is 0. The van der Waals surface area contributed by atoms with Gasteiger partial charge in [0.1, 0.15) is 17.2 Å². The van der Waals surface area contributed by atoms with Crippen LogP contribution in [-0.2, 0) is 4.79 Å². The Balaban J connectivity index is 1.94. The van der Waals surface area contributed by atoms with E-state index in [1.54, 1.807) is 45.0 Å². The van der Waals surface area contributed by atoms with E-state index in [1.165, 1.54) is 18.3 Å². The number of aromatic nitrogens is 1. The van der Waals surface area contributed by atoms with Crippen LogP contribution < -0.4 is 34.0 Å². The predicted octanol–water partition coefficient (Wildman–Crippen LogP) is 3.70. The maximum Gasteiger partial charge on any atom is 0.271 e. The van der Waals surface area contributed by atoms with Gasteiger partial charge < -0.3 is 19.1 Å². The fourth-order valence-electron chi connectivity index (χ4n) is 4.85. The van der Waals surface area contributed by atoms with Crippen molar-refractivity contribution in [2.75, 3.05) is 39.3 Å². The van der Waals surface area contributed by atoms with E-state index in [2.05, 4.69) is 23.7 Å². The number of nitrogens with zero attached hydrogens (tertiary/aromatic N) is 3. The van der Waals surface area contributed by atoms with Gasteiger partial charge in [0.25, 0.3) is 5.56 Å². The molecule has 0 saturated heterocycles. The summed E-state index contributed by atoms with van der Waals surface area (Å²) < 4.78 is 18.8. The van der Waals surface area contributed by atoms with E-state index in [4.69, 9.17) is 14.2 Å². The number of hydrogen-bond acceptors (Lipinski definition) is 8. The van der Waals surface area contributed by atoms with Crippen molar-refractivity contribution in [1.29, 1.82) is 0 Å². The standard InChI is InChI=1S/C29H33N3O5S/c1-8-31(9-2)20-11-10-19(23(15-20)36-6)14-25-28(34)32-27(22-13-12-21(35-5)16-24(22)37-7)26(18(4)33)17(3)30-29(32)38-25/h10-16,27H,8-9H2,1-7H3/b25-14-. The van der Waals surface area contributed by atoms with Crippen LogP contribution in [-0.4, -0.2) is 44.8 Å². The third-order valence-corrected chi connectivity index (χ3v) is 7.75. The summed E-state index contributed by atoms with van der Waals surface area (Å²) in [5.41, 5.74) is 3.32. The fourth-order valence-corrected chi connectivity index (χ4v) is 5.89. The number of carbonyl (C=O) groups is 1. The molecular formula is C29H33N3O5S. The van der Waals surface area contributed by atoms with Crippen molar-refractivity contribution in [3.8, 4) is 17.2 Å². The minimum absolute atomic E-state index is 0.155. The van der Waals surface area contributed by atoms with E-state index >= 15 is 0 Å². The number of ether oxygens (including phenoxy) is 3. The van der Waals surface area contributed by atoms with Crippen molar-refractivity contribution < 1.29 is 19.0 Å². The monoisotopic (exact) mass is 535 g/mol. The minimum atomic E-state index is -0.682. The van der Waals surface area contributed by atoms with Crippen molar-refractivity contribution in [3.63, 3.8) is 0 Å². The van der Waals surface area contributed by atoms with Crippen molar-refractivity contribution in [1.82, 2.24) is 4.57 Å². The number of anilines is 1. The quantitative estimate of drug-likeness (QED) is 0.416. The molecule has 8 nitrogen and oxygen atoms in total. The van der Waals surface area contributed by atoms with Gasteiger partial charge in [-0.2, -0.15) is 0 Å². The molecule has 1 aromatic heterocycles. The van der Waals surface area contributed by atoms with E-state index in [0.717, 1.165) is 24.3 Å². The SMILES string of the molecule is CCN(CC)c1ccc(/C=c2\sc3n(c2=O)C(c2ccc(OC)cc2OC)C(C(C)=O)=C(C)N=3)c(OC)c1. The van der Waals surface area contributed by atoms with Gasteiger partial charge in [0.2, 0.25) is 0 Å². The number of rotatable bonds is 9. The number of methoxy groups -OCH3 is 3. The molecule has 1 unspecified atom stereocenters. The number of thiazole rings is 1. The smallest absolute Gasteiger partial charge is 0.271 e. The Bertz CT molecular complexity index is 1580. The Hall–Kier alpha value is -3.85.